The second-order valence-electron chi connectivity index (χ2n) is 10.7. The standard InChI is InChI=1S/C31H42O5/c1-9-10-11-14-19-34-27-16-13-12-15-25(27)26(32)18-17-24-20-22(2)28(23(3)21-24)35-31(7,8)29(33)36-30(4,5)6/h12-13,15-18,20-21H,9-11,14,19H2,1-8H3/b18-17+. The fraction of sp³-hybridized carbons (Fsp3) is 0.484. The van der Waals surface area contributed by atoms with Crippen LogP contribution in [0.1, 0.15) is 94.3 Å². The van der Waals surface area contributed by atoms with Crippen LogP contribution < -0.4 is 9.47 Å². The van der Waals surface area contributed by atoms with Crippen molar-refractivity contribution in [2.24, 2.45) is 0 Å². The van der Waals surface area contributed by atoms with E-state index in [0.717, 1.165) is 29.5 Å². The molecular weight excluding hydrogens is 452 g/mol. The summed E-state index contributed by atoms with van der Waals surface area (Å²) in [4.78, 5) is 25.6. The highest BCUT2D eigenvalue weighted by atomic mass is 16.6. The Morgan fingerprint density at radius 2 is 1.56 bits per heavy atom. The zero-order valence-corrected chi connectivity index (χ0v) is 23.2. The molecule has 5 nitrogen and oxygen atoms in total. The molecular formula is C31H42O5. The van der Waals surface area contributed by atoms with E-state index in [9.17, 15) is 9.59 Å². The molecule has 2 rings (SSSR count). The summed E-state index contributed by atoms with van der Waals surface area (Å²) in [5, 5.41) is 0. The van der Waals surface area contributed by atoms with Gasteiger partial charge in [0.1, 0.15) is 17.1 Å². The van der Waals surface area contributed by atoms with Crippen molar-refractivity contribution >= 4 is 17.8 Å². The van der Waals surface area contributed by atoms with Gasteiger partial charge in [-0.25, -0.2) is 4.79 Å². The van der Waals surface area contributed by atoms with E-state index in [2.05, 4.69) is 6.92 Å². The van der Waals surface area contributed by atoms with Gasteiger partial charge >= 0.3 is 5.97 Å². The number of hydrogen-bond donors (Lipinski definition) is 0. The van der Waals surface area contributed by atoms with Gasteiger partial charge < -0.3 is 14.2 Å². The Balaban J connectivity index is 2.14. The summed E-state index contributed by atoms with van der Waals surface area (Å²) in [5.74, 6) is 0.718. The zero-order valence-electron chi connectivity index (χ0n) is 23.2. The van der Waals surface area contributed by atoms with Gasteiger partial charge in [-0.2, -0.15) is 0 Å². The predicted molar refractivity (Wildman–Crippen MR) is 146 cm³/mol. The first-order valence-corrected chi connectivity index (χ1v) is 12.8. The van der Waals surface area contributed by atoms with E-state index in [4.69, 9.17) is 14.2 Å². The molecule has 0 aromatic heterocycles. The minimum absolute atomic E-state index is 0.110. The molecule has 0 amide bonds. The largest absolute Gasteiger partial charge is 0.493 e. The summed E-state index contributed by atoms with van der Waals surface area (Å²) in [6.45, 7) is 15.5. The van der Waals surface area contributed by atoms with Crippen LogP contribution in [0.25, 0.3) is 6.08 Å². The minimum atomic E-state index is -1.14. The van der Waals surface area contributed by atoms with Crippen LogP contribution in [0.5, 0.6) is 11.5 Å². The smallest absolute Gasteiger partial charge is 0.350 e. The van der Waals surface area contributed by atoms with Crippen LogP contribution >= 0.6 is 0 Å². The third kappa shape index (κ3) is 8.85. The van der Waals surface area contributed by atoms with E-state index in [-0.39, 0.29) is 5.78 Å². The number of allylic oxidation sites excluding steroid dienone is 1. The van der Waals surface area contributed by atoms with Crippen LogP contribution in [-0.2, 0) is 9.53 Å². The van der Waals surface area contributed by atoms with Crippen LogP contribution in [-0.4, -0.2) is 29.6 Å². The van der Waals surface area contributed by atoms with Gasteiger partial charge in [0, 0.05) is 0 Å². The molecule has 0 fully saturated rings. The van der Waals surface area contributed by atoms with E-state index in [1.165, 1.54) is 12.8 Å². The molecule has 0 heterocycles. The summed E-state index contributed by atoms with van der Waals surface area (Å²) < 4.78 is 17.5. The number of esters is 1. The van der Waals surface area contributed by atoms with Crippen molar-refractivity contribution in [2.75, 3.05) is 6.61 Å². The van der Waals surface area contributed by atoms with Gasteiger partial charge in [-0.3, -0.25) is 4.79 Å². The molecule has 196 valence electrons. The number of benzene rings is 2. The fourth-order valence-corrected chi connectivity index (χ4v) is 3.71. The number of ketones is 1. The lowest BCUT2D eigenvalue weighted by Gasteiger charge is -2.30. The van der Waals surface area contributed by atoms with Crippen LogP contribution in [0.4, 0.5) is 0 Å². The van der Waals surface area contributed by atoms with Gasteiger partial charge in [0.15, 0.2) is 11.4 Å². The topological polar surface area (TPSA) is 61.8 Å². The highest BCUT2D eigenvalue weighted by molar-refractivity contribution is 6.08. The number of para-hydroxylation sites is 1. The van der Waals surface area contributed by atoms with Crippen LogP contribution in [0, 0.1) is 13.8 Å². The highest BCUT2D eigenvalue weighted by Crippen LogP contribution is 2.30. The third-order valence-corrected chi connectivity index (χ3v) is 5.57. The van der Waals surface area contributed by atoms with Gasteiger partial charge in [0.05, 0.1) is 12.2 Å². The second-order valence-corrected chi connectivity index (χ2v) is 10.7. The average Bonchev–Trinajstić information content (AvgIpc) is 2.79. The number of ether oxygens (including phenoxy) is 3. The SMILES string of the molecule is CCCCCCOc1ccccc1C(=O)/C=C/c1cc(C)c(OC(C)(C)C(=O)OC(C)(C)C)c(C)c1. The Morgan fingerprint density at radius 3 is 2.17 bits per heavy atom. The molecule has 0 saturated carbocycles. The third-order valence-electron chi connectivity index (χ3n) is 5.57. The van der Waals surface area contributed by atoms with Crippen LogP contribution in [0.3, 0.4) is 0 Å². The molecule has 36 heavy (non-hydrogen) atoms. The number of unbranched alkanes of at least 4 members (excludes halogenated alkanes) is 3. The lowest BCUT2D eigenvalue weighted by Crippen LogP contribution is -2.43. The molecule has 0 saturated heterocycles. The summed E-state index contributed by atoms with van der Waals surface area (Å²) in [7, 11) is 0. The molecule has 0 aliphatic carbocycles. The fourth-order valence-electron chi connectivity index (χ4n) is 3.71. The Kier molecular flexibility index (Phi) is 10.3. The van der Waals surface area contributed by atoms with Gasteiger partial charge in [-0.1, -0.05) is 44.4 Å². The number of carbonyl (C=O) groups excluding carboxylic acids is 2. The molecule has 0 bridgehead atoms. The molecule has 0 aliphatic rings. The second kappa shape index (κ2) is 12.8. The van der Waals surface area contributed by atoms with Crippen LogP contribution in [0.15, 0.2) is 42.5 Å². The zero-order chi connectivity index (χ0) is 26.9. The number of rotatable bonds is 12. The van der Waals surface area contributed by atoms with Gasteiger partial charge in [0.2, 0.25) is 0 Å². The van der Waals surface area contributed by atoms with Crippen molar-refractivity contribution < 1.29 is 23.8 Å². The molecule has 0 radical (unpaired) electrons. The summed E-state index contributed by atoms with van der Waals surface area (Å²) >= 11 is 0. The first-order valence-electron chi connectivity index (χ1n) is 12.8. The van der Waals surface area contributed by atoms with Gasteiger partial charge in [-0.15, -0.1) is 0 Å². The van der Waals surface area contributed by atoms with Crippen molar-refractivity contribution in [1.29, 1.82) is 0 Å². The van der Waals surface area contributed by atoms with Gasteiger partial charge in [0.25, 0.3) is 0 Å². The maximum Gasteiger partial charge on any atom is 0.350 e. The average molecular weight is 495 g/mol. The first-order chi connectivity index (χ1) is 16.8. The molecule has 0 atom stereocenters. The van der Waals surface area contributed by atoms with Crippen molar-refractivity contribution in [3.8, 4) is 11.5 Å². The lowest BCUT2D eigenvalue weighted by molar-refractivity contribution is -0.171. The summed E-state index contributed by atoms with van der Waals surface area (Å²) in [5.41, 5.74) is 1.43. The van der Waals surface area contributed by atoms with E-state index < -0.39 is 17.2 Å². The van der Waals surface area contributed by atoms with E-state index in [0.29, 0.717) is 23.7 Å². The Hall–Kier alpha value is -3.08. The highest BCUT2D eigenvalue weighted by Gasteiger charge is 2.35. The quantitative estimate of drug-likeness (QED) is 0.131. The molecule has 2 aromatic rings. The molecule has 0 N–H and O–H groups in total. The number of carbonyl (C=O) groups is 2. The lowest BCUT2D eigenvalue weighted by atomic mass is 10.0. The monoisotopic (exact) mass is 494 g/mol. The molecule has 5 heteroatoms. The summed E-state index contributed by atoms with van der Waals surface area (Å²) in [6, 6.07) is 11.2. The van der Waals surface area contributed by atoms with Crippen molar-refractivity contribution in [3.63, 3.8) is 0 Å². The summed E-state index contributed by atoms with van der Waals surface area (Å²) in [6.07, 6.45) is 7.83. The van der Waals surface area contributed by atoms with E-state index >= 15 is 0 Å². The molecule has 0 aliphatic heterocycles. The number of hydrogen-bond acceptors (Lipinski definition) is 5. The van der Waals surface area contributed by atoms with Gasteiger partial charge in [-0.05, 0) is 102 Å². The minimum Gasteiger partial charge on any atom is -0.493 e. The van der Waals surface area contributed by atoms with Crippen LogP contribution in [0.2, 0.25) is 0 Å². The van der Waals surface area contributed by atoms with E-state index in [1.807, 2.05) is 65.0 Å². The first kappa shape index (κ1) is 29.2. The normalized spacial score (nSPS) is 12.0. The Labute approximate surface area is 216 Å². The maximum atomic E-state index is 12.9. The molecule has 2 aromatic carbocycles. The number of aryl methyl sites for hydroxylation is 2. The molecule has 0 spiro atoms. The van der Waals surface area contributed by atoms with Crippen molar-refractivity contribution in [1.82, 2.24) is 0 Å². The molecule has 0 unspecified atom stereocenters. The Bertz CT molecular complexity index is 1050. The van der Waals surface area contributed by atoms with Crippen molar-refractivity contribution in [3.05, 3.63) is 64.7 Å². The van der Waals surface area contributed by atoms with Crippen molar-refractivity contribution in [2.45, 2.75) is 92.3 Å². The predicted octanol–water partition coefficient (Wildman–Crippen LogP) is 7.66. The Morgan fingerprint density at radius 1 is 0.917 bits per heavy atom. The maximum absolute atomic E-state index is 12.9. The van der Waals surface area contributed by atoms with E-state index in [1.54, 1.807) is 32.1 Å².